The number of amides is 1. The molecule has 3 nitrogen and oxygen atoms in total. The number of hydrogen-bond acceptors (Lipinski definition) is 2. The van der Waals surface area contributed by atoms with Crippen LogP contribution in [0.25, 0.3) is 0 Å². The van der Waals surface area contributed by atoms with Gasteiger partial charge >= 0.3 is 0 Å². The smallest absolute Gasteiger partial charge is 0.251 e. The molecule has 0 atom stereocenters. The van der Waals surface area contributed by atoms with Crippen molar-refractivity contribution >= 4 is 11.6 Å². The third kappa shape index (κ3) is 2.72. The minimum Gasteiger partial charge on any atom is -0.381 e. The van der Waals surface area contributed by atoms with Crippen LogP contribution >= 0.6 is 0 Å². The molecule has 0 aromatic heterocycles. The highest BCUT2D eigenvalue weighted by molar-refractivity contribution is 5.97. The third-order valence-corrected chi connectivity index (χ3v) is 3.57. The van der Waals surface area contributed by atoms with Gasteiger partial charge in [0.1, 0.15) is 11.6 Å². The maximum Gasteiger partial charge on any atom is 0.251 e. The van der Waals surface area contributed by atoms with E-state index in [-0.39, 0.29) is 18.0 Å². The Bertz CT molecular complexity index is 680. The van der Waals surface area contributed by atoms with E-state index in [2.05, 4.69) is 10.6 Å². The molecular weight excluding hydrogens is 274 g/mol. The van der Waals surface area contributed by atoms with Crippen molar-refractivity contribution in [2.75, 3.05) is 11.9 Å². The molecule has 0 saturated heterocycles. The zero-order chi connectivity index (χ0) is 14.8. The maximum atomic E-state index is 13.5. The van der Waals surface area contributed by atoms with Crippen LogP contribution in [-0.4, -0.2) is 12.5 Å². The fourth-order valence-electron chi connectivity index (χ4n) is 2.41. The van der Waals surface area contributed by atoms with Gasteiger partial charge in [-0.25, -0.2) is 8.78 Å². The molecule has 3 rings (SSSR count). The van der Waals surface area contributed by atoms with Gasteiger partial charge < -0.3 is 10.6 Å². The molecule has 2 N–H and O–H groups in total. The molecule has 0 unspecified atom stereocenters. The Kier molecular flexibility index (Phi) is 3.56. The molecule has 0 saturated carbocycles. The molecule has 0 bridgehead atoms. The zero-order valence-electron chi connectivity index (χ0n) is 11.2. The van der Waals surface area contributed by atoms with E-state index < -0.39 is 11.6 Å². The lowest BCUT2D eigenvalue weighted by atomic mass is 10.00. The van der Waals surface area contributed by atoms with Crippen LogP contribution < -0.4 is 10.6 Å². The minimum absolute atomic E-state index is 0.0142. The van der Waals surface area contributed by atoms with Gasteiger partial charge in [-0.05, 0) is 36.2 Å². The maximum absolute atomic E-state index is 13.5. The van der Waals surface area contributed by atoms with Gasteiger partial charge in [-0.3, -0.25) is 4.79 Å². The average molecular weight is 288 g/mol. The largest absolute Gasteiger partial charge is 0.381 e. The molecule has 0 spiro atoms. The summed E-state index contributed by atoms with van der Waals surface area (Å²) < 4.78 is 27.1. The molecule has 0 radical (unpaired) electrons. The first-order valence-corrected chi connectivity index (χ1v) is 6.73. The number of fused-ring (bicyclic) bond motifs is 1. The van der Waals surface area contributed by atoms with Crippen molar-refractivity contribution in [2.45, 2.75) is 13.0 Å². The van der Waals surface area contributed by atoms with Crippen LogP contribution in [0.5, 0.6) is 0 Å². The second-order valence-electron chi connectivity index (χ2n) is 4.93. The molecule has 2 aromatic carbocycles. The SMILES string of the molecule is O=C1NCCc2ccc(NCc3c(F)cccc3F)cc21. The Hall–Kier alpha value is -2.43. The average Bonchev–Trinajstić information content (AvgIpc) is 2.47. The van der Waals surface area contributed by atoms with Crippen molar-refractivity contribution in [2.24, 2.45) is 0 Å². The second-order valence-corrected chi connectivity index (χ2v) is 4.93. The van der Waals surface area contributed by atoms with Gasteiger partial charge in [-0.2, -0.15) is 0 Å². The summed E-state index contributed by atoms with van der Waals surface area (Å²) in [6, 6.07) is 9.17. The molecule has 1 heterocycles. The number of rotatable bonds is 3. The Morgan fingerprint density at radius 3 is 2.67 bits per heavy atom. The number of nitrogens with one attached hydrogen (secondary N) is 2. The number of halogens is 2. The highest BCUT2D eigenvalue weighted by Gasteiger charge is 2.16. The van der Waals surface area contributed by atoms with Crippen molar-refractivity contribution in [1.29, 1.82) is 0 Å². The molecule has 108 valence electrons. The Morgan fingerprint density at radius 2 is 1.90 bits per heavy atom. The predicted molar refractivity (Wildman–Crippen MR) is 76.2 cm³/mol. The summed E-state index contributed by atoms with van der Waals surface area (Å²) in [5.41, 5.74) is 2.25. The van der Waals surface area contributed by atoms with Crippen LogP contribution in [0.1, 0.15) is 21.5 Å². The predicted octanol–water partition coefficient (Wildman–Crippen LogP) is 2.86. The molecular formula is C16H14F2N2O. The van der Waals surface area contributed by atoms with E-state index in [4.69, 9.17) is 0 Å². The van der Waals surface area contributed by atoms with Gasteiger partial charge in [0.2, 0.25) is 0 Å². The van der Waals surface area contributed by atoms with Crippen molar-refractivity contribution in [3.05, 3.63) is 64.7 Å². The van der Waals surface area contributed by atoms with Crippen LogP contribution in [0.2, 0.25) is 0 Å². The van der Waals surface area contributed by atoms with Crippen LogP contribution in [0.3, 0.4) is 0 Å². The lowest BCUT2D eigenvalue weighted by Crippen LogP contribution is -2.31. The van der Waals surface area contributed by atoms with Gasteiger partial charge in [0.05, 0.1) is 0 Å². The molecule has 21 heavy (non-hydrogen) atoms. The summed E-state index contributed by atoms with van der Waals surface area (Å²) in [5, 5.41) is 5.72. The number of hydrogen-bond donors (Lipinski definition) is 2. The first-order valence-electron chi connectivity index (χ1n) is 6.73. The topological polar surface area (TPSA) is 41.1 Å². The fraction of sp³-hybridized carbons (Fsp3) is 0.188. The van der Waals surface area contributed by atoms with Gasteiger partial charge in [0.25, 0.3) is 5.91 Å². The van der Waals surface area contributed by atoms with Crippen LogP contribution in [0.4, 0.5) is 14.5 Å². The standard InChI is InChI=1S/C16H14F2N2O/c17-14-2-1-3-15(18)13(14)9-20-11-5-4-10-6-7-19-16(21)12(10)8-11/h1-5,8,20H,6-7,9H2,(H,19,21). The number of carbonyl (C=O) groups is 1. The summed E-state index contributed by atoms with van der Waals surface area (Å²) in [5.74, 6) is -1.28. The fourth-order valence-corrected chi connectivity index (χ4v) is 2.41. The molecule has 1 amide bonds. The Morgan fingerprint density at radius 1 is 1.14 bits per heavy atom. The molecule has 1 aliphatic heterocycles. The summed E-state index contributed by atoms with van der Waals surface area (Å²) >= 11 is 0. The van der Waals surface area contributed by atoms with Gasteiger partial charge in [-0.1, -0.05) is 12.1 Å². The van der Waals surface area contributed by atoms with E-state index in [1.54, 1.807) is 6.07 Å². The van der Waals surface area contributed by atoms with E-state index in [1.807, 2.05) is 12.1 Å². The summed E-state index contributed by atoms with van der Waals surface area (Å²) in [6.07, 6.45) is 0.795. The quantitative estimate of drug-likeness (QED) is 0.912. The number of benzene rings is 2. The van der Waals surface area contributed by atoms with Gasteiger partial charge in [0, 0.05) is 29.9 Å². The zero-order valence-corrected chi connectivity index (χ0v) is 11.2. The van der Waals surface area contributed by atoms with Crippen LogP contribution in [0.15, 0.2) is 36.4 Å². The monoisotopic (exact) mass is 288 g/mol. The molecule has 0 fully saturated rings. The van der Waals surface area contributed by atoms with Crippen molar-refractivity contribution in [3.63, 3.8) is 0 Å². The normalized spacial score (nSPS) is 13.5. The van der Waals surface area contributed by atoms with Gasteiger partial charge in [-0.15, -0.1) is 0 Å². The highest BCUT2D eigenvalue weighted by atomic mass is 19.1. The molecule has 5 heteroatoms. The Balaban J connectivity index is 1.80. The van der Waals surface area contributed by atoms with Gasteiger partial charge in [0.15, 0.2) is 0 Å². The van der Waals surface area contributed by atoms with Crippen molar-refractivity contribution in [1.82, 2.24) is 5.32 Å². The van der Waals surface area contributed by atoms with E-state index in [0.29, 0.717) is 17.8 Å². The lowest BCUT2D eigenvalue weighted by Gasteiger charge is -2.17. The number of anilines is 1. The van der Waals surface area contributed by atoms with Crippen molar-refractivity contribution in [3.8, 4) is 0 Å². The summed E-state index contributed by atoms with van der Waals surface area (Å²) in [4.78, 5) is 11.8. The lowest BCUT2D eigenvalue weighted by molar-refractivity contribution is 0.0946. The highest BCUT2D eigenvalue weighted by Crippen LogP contribution is 2.20. The minimum atomic E-state index is -0.585. The van der Waals surface area contributed by atoms with Crippen LogP contribution in [0, 0.1) is 11.6 Å². The van der Waals surface area contributed by atoms with E-state index in [9.17, 15) is 13.6 Å². The van der Waals surface area contributed by atoms with Crippen molar-refractivity contribution < 1.29 is 13.6 Å². The first-order chi connectivity index (χ1) is 10.1. The third-order valence-electron chi connectivity index (χ3n) is 3.57. The van der Waals surface area contributed by atoms with Crippen LogP contribution in [-0.2, 0) is 13.0 Å². The molecule has 2 aromatic rings. The van der Waals surface area contributed by atoms with E-state index >= 15 is 0 Å². The molecule has 1 aliphatic rings. The number of carbonyl (C=O) groups excluding carboxylic acids is 1. The molecule has 0 aliphatic carbocycles. The summed E-state index contributed by atoms with van der Waals surface area (Å²) in [7, 11) is 0. The van der Waals surface area contributed by atoms with E-state index in [0.717, 1.165) is 12.0 Å². The summed E-state index contributed by atoms with van der Waals surface area (Å²) in [6.45, 7) is 0.665. The van der Waals surface area contributed by atoms with E-state index in [1.165, 1.54) is 18.2 Å². The Labute approximate surface area is 121 Å². The second kappa shape index (κ2) is 5.52. The first kappa shape index (κ1) is 13.5.